The van der Waals surface area contributed by atoms with Crippen molar-refractivity contribution in [2.45, 2.75) is 51.6 Å². The average molecular weight is 287 g/mol. The van der Waals surface area contributed by atoms with Gasteiger partial charge >= 0.3 is 0 Å². The first-order chi connectivity index (χ1) is 9.72. The second kappa shape index (κ2) is 6.02. The number of nitrogens with one attached hydrogen (secondary N) is 1. The molecule has 0 amide bonds. The Hall–Kier alpha value is -1.26. The van der Waals surface area contributed by atoms with E-state index in [4.69, 9.17) is 4.98 Å². The molecular formula is C16H21N3S. The lowest BCUT2D eigenvalue weighted by molar-refractivity contribution is 0.680. The number of thiazole rings is 1. The third-order valence-electron chi connectivity index (χ3n) is 3.53. The molecule has 4 heteroatoms. The van der Waals surface area contributed by atoms with E-state index in [2.05, 4.69) is 30.2 Å². The van der Waals surface area contributed by atoms with E-state index in [9.17, 15) is 0 Å². The van der Waals surface area contributed by atoms with E-state index in [1.54, 1.807) is 0 Å². The summed E-state index contributed by atoms with van der Waals surface area (Å²) in [6.07, 6.45) is 7.30. The van der Waals surface area contributed by atoms with Crippen LogP contribution in [0, 0.1) is 0 Å². The predicted octanol–water partition coefficient (Wildman–Crippen LogP) is 3.50. The van der Waals surface area contributed by atoms with E-state index in [0.717, 1.165) is 19.0 Å². The standard InChI is InChI=1S/C16H21N3S/c1-11(2)16-14(10-18-13-5-6-13)20-15(19-16)8-12-4-3-7-17-9-12/h3-4,7,9,11,13,18H,5-6,8,10H2,1-2H3. The molecule has 106 valence electrons. The van der Waals surface area contributed by atoms with Crippen molar-refractivity contribution in [2.75, 3.05) is 0 Å². The Balaban J connectivity index is 1.75. The first kappa shape index (κ1) is 13.7. The van der Waals surface area contributed by atoms with Gasteiger partial charge < -0.3 is 5.32 Å². The maximum absolute atomic E-state index is 4.85. The molecule has 0 bridgehead atoms. The minimum Gasteiger partial charge on any atom is -0.309 e. The molecule has 0 unspecified atom stereocenters. The van der Waals surface area contributed by atoms with Gasteiger partial charge in [0.05, 0.1) is 10.7 Å². The largest absolute Gasteiger partial charge is 0.309 e. The Labute approximate surface area is 124 Å². The topological polar surface area (TPSA) is 37.8 Å². The van der Waals surface area contributed by atoms with E-state index in [1.165, 1.54) is 34.0 Å². The normalized spacial score (nSPS) is 14.9. The van der Waals surface area contributed by atoms with Gasteiger partial charge in [-0.15, -0.1) is 11.3 Å². The van der Waals surface area contributed by atoms with Gasteiger partial charge in [-0.05, 0) is 30.4 Å². The highest BCUT2D eigenvalue weighted by Crippen LogP contribution is 2.28. The quantitative estimate of drug-likeness (QED) is 0.883. The van der Waals surface area contributed by atoms with Crippen LogP contribution in [0.2, 0.25) is 0 Å². The molecule has 20 heavy (non-hydrogen) atoms. The van der Waals surface area contributed by atoms with Gasteiger partial charge in [-0.25, -0.2) is 4.98 Å². The van der Waals surface area contributed by atoms with Crippen molar-refractivity contribution >= 4 is 11.3 Å². The summed E-state index contributed by atoms with van der Waals surface area (Å²) >= 11 is 1.85. The zero-order valence-corrected chi connectivity index (χ0v) is 12.9. The number of nitrogens with zero attached hydrogens (tertiary/aromatic N) is 2. The molecule has 1 fully saturated rings. The lowest BCUT2D eigenvalue weighted by Crippen LogP contribution is -2.15. The third kappa shape index (κ3) is 3.44. The molecule has 2 aromatic heterocycles. The Bertz CT molecular complexity index is 558. The number of rotatable bonds is 6. The van der Waals surface area contributed by atoms with Gasteiger partial charge in [-0.2, -0.15) is 0 Å². The summed E-state index contributed by atoms with van der Waals surface area (Å²) in [5.41, 5.74) is 2.50. The molecular weight excluding hydrogens is 266 g/mol. The van der Waals surface area contributed by atoms with Crippen molar-refractivity contribution < 1.29 is 0 Å². The minimum atomic E-state index is 0.491. The fraction of sp³-hybridized carbons (Fsp3) is 0.500. The number of hydrogen-bond acceptors (Lipinski definition) is 4. The molecule has 2 heterocycles. The number of pyridine rings is 1. The van der Waals surface area contributed by atoms with Crippen LogP contribution in [0.25, 0.3) is 0 Å². The average Bonchev–Trinajstić information content (AvgIpc) is 3.18. The van der Waals surface area contributed by atoms with E-state index < -0.39 is 0 Å². The lowest BCUT2D eigenvalue weighted by Gasteiger charge is -2.05. The highest BCUT2D eigenvalue weighted by atomic mass is 32.1. The molecule has 0 aromatic carbocycles. The maximum atomic E-state index is 4.85. The van der Waals surface area contributed by atoms with Gasteiger partial charge in [0.15, 0.2) is 0 Å². The van der Waals surface area contributed by atoms with Crippen LogP contribution in [0.15, 0.2) is 24.5 Å². The molecule has 3 rings (SSSR count). The molecule has 0 saturated heterocycles. The van der Waals surface area contributed by atoms with Crippen molar-refractivity contribution in [3.63, 3.8) is 0 Å². The van der Waals surface area contributed by atoms with Crippen LogP contribution < -0.4 is 5.32 Å². The fourth-order valence-corrected chi connectivity index (χ4v) is 3.48. The Morgan fingerprint density at radius 1 is 1.40 bits per heavy atom. The third-order valence-corrected chi connectivity index (χ3v) is 4.60. The smallest absolute Gasteiger partial charge is 0.0976 e. The molecule has 0 atom stereocenters. The van der Waals surface area contributed by atoms with Crippen LogP contribution in [0.3, 0.4) is 0 Å². The molecule has 0 aliphatic heterocycles. The summed E-state index contributed by atoms with van der Waals surface area (Å²) in [6, 6.07) is 4.85. The Morgan fingerprint density at radius 3 is 2.90 bits per heavy atom. The van der Waals surface area contributed by atoms with Crippen molar-refractivity contribution in [3.05, 3.63) is 45.7 Å². The summed E-state index contributed by atoms with van der Waals surface area (Å²) in [5.74, 6) is 0.491. The summed E-state index contributed by atoms with van der Waals surface area (Å²) in [6.45, 7) is 5.43. The Kier molecular flexibility index (Phi) is 4.13. The van der Waals surface area contributed by atoms with Crippen LogP contribution in [0.4, 0.5) is 0 Å². The van der Waals surface area contributed by atoms with Crippen molar-refractivity contribution in [1.82, 2.24) is 15.3 Å². The first-order valence-electron chi connectivity index (χ1n) is 7.33. The highest BCUT2D eigenvalue weighted by molar-refractivity contribution is 7.11. The van der Waals surface area contributed by atoms with Crippen LogP contribution in [-0.4, -0.2) is 16.0 Å². The molecule has 0 spiro atoms. The molecule has 2 aromatic rings. The highest BCUT2D eigenvalue weighted by Gasteiger charge is 2.22. The molecule has 0 radical (unpaired) electrons. The second-order valence-electron chi connectivity index (χ2n) is 5.76. The number of aromatic nitrogens is 2. The van der Waals surface area contributed by atoms with E-state index in [-0.39, 0.29) is 0 Å². The number of hydrogen-bond donors (Lipinski definition) is 1. The first-order valence-corrected chi connectivity index (χ1v) is 8.15. The predicted molar refractivity (Wildman–Crippen MR) is 83.1 cm³/mol. The lowest BCUT2D eigenvalue weighted by atomic mass is 10.1. The van der Waals surface area contributed by atoms with E-state index in [1.807, 2.05) is 29.8 Å². The van der Waals surface area contributed by atoms with Crippen LogP contribution >= 0.6 is 11.3 Å². The van der Waals surface area contributed by atoms with Gasteiger partial charge in [-0.1, -0.05) is 19.9 Å². The van der Waals surface area contributed by atoms with E-state index >= 15 is 0 Å². The molecule has 1 N–H and O–H groups in total. The van der Waals surface area contributed by atoms with Crippen molar-refractivity contribution in [2.24, 2.45) is 0 Å². The van der Waals surface area contributed by atoms with Gasteiger partial charge in [0.25, 0.3) is 0 Å². The second-order valence-corrected chi connectivity index (χ2v) is 6.93. The van der Waals surface area contributed by atoms with Gasteiger partial charge in [0.1, 0.15) is 0 Å². The summed E-state index contributed by atoms with van der Waals surface area (Å²) in [5, 5.41) is 4.81. The zero-order chi connectivity index (χ0) is 13.9. The summed E-state index contributed by atoms with van der Waals surface area (Å²) in [7, 11) is 0. The van der Waals surface area contributed by atoms with Crippen molar-refractivity contribution in [1.29, 1.82) is 0 Å². The zero-order valence-electron chi connectivity index (χ0n) is 12.1. The molecule has 1 aliphatic carbocycles. The monoisotopic (exact) mass is 287 g/mol. The van der Waals surface area contributed by atoms with Gasteiger partial charge in [0.2, 0.25) is 0 Å². The minimum absolute atomic E-state index is 0.491. The molecule has 3 nitrogen and oxygen atoms in total. The Morgan fingerprint density at radius 2 is 2.25 bits per heavy atom. The van der Waals surface area contributed by atoms with Crippen LogP contribution in [0.1, 0.15) is 53.7 Å². The summed E-state index contributed by atoms with van der Waals surface area (Å²) < 4.78 is 0. The van der Waals surface area contributed by atoms with Crippen molar-refractivity contribution in [3.8, 4) is 0 Å². The maximum Gasteiger partial charge on any atom is 0.0976 e. The molecule has 1 saturated carbocycles. The van der Waals surface area contributed by atoms with Gasteiger partial charge in [-0.3, -0.25) is 4.98 Å². The summed E-state index contributed by atoms with van der Waals surface area (Å²) in [4.78, 5) is 10.4. The van der Waals surface area contributed by atoms with Crippen LogP contribution in [0.5, 0.6) is 0 Å². The molecule has 1 aliphatic rings. The van der Waals surface area contributed by atoms with Crippen LogP contribution in [-0.2, 0) is 13.0 Å². The fourth-order valence-electron chi connectivity index (χ4n) is 2.27. The van der Waals surface area contributed by atoms with E-state index in [0.29, 0.717) is 5.92 Å². The van der Waals surface area contributed by atoms with Gasteiger partial charge in [0, 0.05) is 36.3 Å². The SMILES string of the molecule is CC(C)c1nc(Cc2cccnc2)sc1CNC1CC1.